The molecule has 2 rings (SSSR count). The third-order valence-corrected chi connectivity index (χ3v) is 4.36. The lowest BCUT2D eigenvalue weighted by molar-refractivity contribution is -0.157. The van der Waals surface area contributed by atoms with Crippen molar-refractivity contribution in [1.82, 2.24) is 4.98 Å². The molecule has 0 unspecified atom stereocenters. The Balaban J connectivity index is 2.09. The molecule has 1 saturated carbocycles. The standard InChI is InChI=1S/C14H17BrClNO3/c1-2-19-13(18)14(5-3-4-6-14)9-20-11-7-12(16)17-8-10(11)15/h7-8H,2-6,9H2,1H3. The molecule has 0 radical (unpaired) electrons. The second-order valence-electron chi connectivity index (χ2n) is 4.93. The van der Waals surface area contributed by atoms with E-state index >= 15 is 0 Å². The van der Waals surface area contributed by atoms with Crippen molar-refractivity contribution in [3.63, 3.8) is 0 Å². The average Bonchev–Trinajstić information content (AvgIpc) is 2.90. The quantitative estimate of drug-likeness (QED) is 0.587. The first-order chi connectivity index (χ1) is 9.57. The van der Waals surface area contributed by atoms with Gasteiger partial charge < -0.3 is 9.47 Å². The summed E-state index contributed by atoms with van der Waals surface area (Å²) in [6, 6.07) is 1.64. The zero-order valence-corrected chi connectivity index (χ0v) is 13.7. The molecule has 20 heavy (non-hydrogen) atoms. The van der Waals surface area contributed by atoms with Crippen LogP contribution < -0.4 is 4.74 Å². The third kappa shape index (κ3) is 3.44. The largest absolute Gasteiger partial charge is 0.491 e. The van der Waals surface area contributed by atoms with E-state index < -0.39 is 5.41 Å². The van der Waals surface area contributed by atoms with Gasteiger partial charge in [0.1, 0.15) is 22.9 Å². The summed E-state index contributed by atoms with van der Waals surface area (Å²) in [6.45, 7) is 2.52. The van der Waals surface area contributed by atoms with Gasteiger partial charge in [0.25, 0.3) is 0 Å². The van der Waals surface area contributed by atoms with Gasteiger partial charge in [-0.2, -0.15) is 0 Å². The molecular weight excluding hydrogens is 346 g/mol. The van der Waals surface area contributed by atoms with Crippen LogP contribution in [-0.2, 0) is 9.53 Å². The van der Waals surface area contributed by atoms with Crippen LogP contribution in [0.2, 0.25) is 5.15 Å². The highest BCUT2D eigenvalue weighted by Crippen LogP contribution is 2.40. The van der Waals surface area contributed by atoms with Gasteiger partial charge in [0.2, 0.25) is 0 Å². The van der Waals surface area contributed by atoms with Crippen LogP contribution in [0.4, 0.5) is 0 Å². The molecule has 1 aliphatic rings. The maximum absolute atomic E-state index is 12.2. The molecule has 110 valence electrons. The van der Waals surface area contributed by atoms with Crippen molar-refractivity contribution < 1.29 is 14.3 Å². The Morgan fingerprint density at radius 3 is 2.85 bits per heavy atom. The van der Waals surface area contributed by atoms with Gasteiger partial charge in [-0.05, 0) is 35.7 Å². The van der Waals surface area contributed by atoms with Crippen LogP contribution in [0.1, 0.15) is 32.6 Å². The molecule has 1 aliphatic carbocycles. The summed E-state index contributed by atoms with van der Waals surface area (Å²) in [4.78, 5) is 16.1. The molecule has 0 spiro atoms. The van der Waals surface area contributed by atoms with E-state index in [1.807, 2.05) is 6.92 Å². The summed E-state index contributed by atoms with van der Waals surface area (Å²) in [6.07, 6.45) is 5.26. The Labute approximate surface area is 131 Å². The molecule has 4 nitrogen and oxygen atoms in total. The van der Waals surface area contributed by atoms with Crippen LogP contribution >= 0.6 is 27.5 Å². The Morgan fingerprint density at radius 1 is 1.50 bits per heavy atom. The smallest absolute Gasteiger partial charge is 0.315 e. The second-order valence-corrected chi connectivity index (χ2v) is 6.18. The second kappa shape index (κ2) is 6.76. The maximum atomic E-state index is 12.2. The molecule has 0 saturated heterocycles. The van der Waals surface area contributed by atoms with Crippen molar-refractivity contribution in [2.45, 2.75) is 32.6 Å². The highest BCUT2D eigenvalue weighted by molar-refractivity contribution is 9.10. The fourth-order valence-electron chi connectivity index (χ4n) is 2.47. The zero-order chi connectivity index (χ0) is 14.6. The summed E-state index contributed by atoms with van der Waals surface area (Å²) in [7, 11) is 0. The fraction of sp³-hybridized carbons (Fsp3) is 0.571. The van der Waals surface area contributed by atoms with Gasteiger partial charge in [-0.25, -0.2) is 4.98 Å². The molecule has 0 aliphatic heterocycles. The highest BCUT2D eigenvalue weighted by atomic mass is 79.9. The van der Waals surface area contributed by atoms with E-state index in [4.69, 9.17) is 21.1 Å². The molecule has 0 amide bonds. The van der Waals surface area contributed by atoms with Crippen molar-refractivity contribution in [3.8, 4) is 5.75 Å². The van der Waals surface area contributed by atoms with E-state index in [2.05, 4.69) is 20.9 Å². The first-order valence-corrected chi connectivity index (χ1v) is 7.85. The lowest BCUT2D eigenvalue weighted by Gasteiger charge is -2.26. The first kappa shape index (κ1) is 15.6. The van der Waals surface area contributed by atoms with Gasteiger partial charge in [-0.3, -0.25) is 4.79 Å². The molecule has 0 aromatic carbocycles. The molecule has 0 atom stereocenters. The third-order valence-electron chi connectivity index (χ3n) is 3.56. The van der Waals surface area contributed by atoms with Crippen LogP contribution in [0.3, 0.4) is 0 Å². The summed E-state index contributed by atoms with van der Waals surface area (Å²) in [5.41, 5.74) is -0.523. The van der Waals surface area contributed by atoms with Crippen LogP contribution in [0, 0.1) is 5.41 Å². The first-order valence-electron chi connectivity index (χ1n) is 6.68. The van der Waals surface area contributed by atoms with E-state index in [1.54, 1.807) is 12.3 Å². The van der Waals surface area contributed by atoms with E-state index in [0.29, 0.717) is 24.1 Å². The Bertz CT molecular complexity index is 489. The number of carbonyl (C=O) groups is 1. The van der Waals surface area contributed by atoms with Crippen molar-refractivity contribution in [2.75, 3.05) is 13.2 Å². The van der Waals surface area contributed by atoms with Crippen molar-refractivity contribution >= 4 is 33.5 Å². The molecule has 1 aromatic rings. The number of hydrogen-bond donors (Lipinski definition) is 0. The molecule has 1 heterocycles. The Kier molecular flexibility index (Phi) is 5.27. The fourth-order valence-corrected chi connectivity index (χ4v) is 2.95. The lowest BCUT2D eigenvalue weighted by Crippen LogP contribution is -2.36. The number of hydrogen-bond acceptors (Lipinski definition) is 4. The number of carbonyl (C=O) groups excluding carboxylic acids is 1. The average molecular weight is 363 g/mol. The van der Waals surface area contributed by atoms with Crippen molar-refractivity contribution in [1.29, 1.82) is 0 Å². The predicted octanol–water partition coefficient (Wildman–Crippen LogP) is 4.00. The van der Waals surface area contributed by atoms with Crippen molar-refractivity contribution in [2.24, 2.45) is 5.41 Å². The van der Waals surface area contributed by atoms with Crippen LogP contribution in [-0.4, -0.2) is 24.2 Å². The number of nitrogens with zero attached hydrogens (tertiary/aromatic N) is 1. The molecule has 1 aromatic heterocycles. The molecule has 0 bridgehead atoms. The summed E-state index contributed by atoms with van der Waals surface area (Å²) >= 11 is 9.22. The zero-order valence-electron chi connectivity index (χ0n) is 11.3. The number of aromatic nitrogens is 1. The van der Waals surface area contributed by atoms with Crippen LogP contribution in [0.5, 0.6) is 5.75 Å². The van der Waals surface area contributed by atoms with Gasteiger partial charge >= 0.3 is 5.97 Å². The van der Waals surface area contributed by atoms with Gasteiger partial charge in [0, 0.05) is 12.3 Å². The monoisotopic (exact) mass is 361 g/mol. The summed E-state index contributed by atoms with van der Waals surface area (Å²) in [5, 5.41) is 0.361. The predicted molar refractivity (Wildman–Crippen MR) is 80.0 cm³/mol. The maximum Gasteiger partial charge on any atom is 0.315 e. The van der Waals surface area contributed by atoms with Crippen LogP contribution in [0.25, 0.3) is 0 Å². The number of ether oxygens (including phenoxy) is 2. The number of esters is 1. The minimum Gasteiger partial charge on any atom is -0.491 e. The van der Waals surface area contributed by atoms with Gasteiger partial charge in [-0.1, -0.05) is 24.4 Å². The minimum atomic E-state index is -0.523. The topological polar surface area (TPSA) is 48.4 Å². The van der Waals surface area contributed by atoms with Crippen molar-refractivity contribution in [3.05, 3.63) is 21.9 Å². The number of halogens is 2. The van der Waals surface area contributed by atoms with E-state index in [9.17, 15) is 4.79 Å². The highest BCUT2D eigenvalue weighted by Gasteiger charge is 2.43. The number of pyridine rings is 1. The normalized spacial score (nSPS) is 16.9. The molecule has 0 N–H and O–H groups in total. The Morgan fingerprint density at radius 2 is 2.20 bits per heavy atom. The van der Waals surface area contributed by atoms with Gasteiger partial charge in [0.15, 0.2) is 0 Å². The van der Waals surface area contributed by atoms with Gasteiger partial charge in [-0.15, -0.1) is 0 Å². The minimum absolute atomic E-state index is 0.159. The van der Waals surface area contributed by atoms with Crippen LogP contribution in [0.15, 0.2) is 16.7 Å². The summed E-state index contributed by atoms with van der Waals surface area (Å²) in [5.74, 6) is 0.439. The molecule has 1 fully saturated rings. The number of rotatable bonds is 5. The van der Waals surface area contributed by atoms with E-state index in [0.717, 1.165) is 30.2 Å². The van der Waals surface area contributed by atoms with Gasteiger partial charge in [0.05, 0.1) is 11.1 Å². The molecular formula is C14H17BrClNO3. The summed E-state index contributed by atoms with van der Waals surface area (Å²) < 4.78 is 11.7. The van der Waals surface area contributed by atoms with E-state index in [-0.39, 0.29) is 5.97 Å². The SMILES string of the molecule is CCOC(=O)C1(COc2cc(Cl)ncc2Br)CCCC1. The molecule has 6 heteroatoms. The van der Waals surface area contributed by atoms with E-state index in [1.165, 1.54) is 0 Å². The Hall–Kier alpha value is -0.810. The lowest BCUT2D eigenvalue weighted by atomic mass is 9.87.